The number of carbonyl (C=O) groups is 1. The van der Waals surface area contributed by atoms with E-state index < -0.39 is 0 Å². The molecule has 1 aliphatic heterocycles. The van der Waals surface area contributed by atoms with E-state index in [2.05, 4.69) is 9.73 Å². The number of hydrogen-bond acceptors (Lipinski definition) is 4. The van der Waals surface area contributed by atoms with Crippen LogP contribution in [0.5, 0.6) is 0 Å². The normalized spacial score (nSPS) is 14.1. The van der Waals surface area contributed by atoms with Gasteiger partial charge in [0.25, 0.3) is 0 Å². The molecule has 0 aromatic heterocycles. The molecule has 0 fully saturated rings. The molecule has 0 bridgehead atoms. The van der Waals surface area contributed by atoms with Gasteiger partial charge in [-0.1, -0.05) is 11.8 Å². The van der Waals surface area contributed by atoms with Gasteiger partial charge in [0.15, 0.2) is 5.04 Å². The molecule has 1 heterocycles. The summed E-state index contributed by atoms with van der Waals surface area (Å²) < 4.78 is 4.44. The molecule has 6 heteroatoms. The summed E-state index contributed by atoms with van der Waals surface area (Å²) in [6, 6.07) is 0. The van der Waals surface area contributed by atoms with Gasteiger partial charge in [-0.3, -0.25) is 4.99 Å². The quantitative estimate of drug-likeness (QED) is 0.308. The average Bonchev–Trinajstić information content (AvgIpc) is 2.37. The Labute approximate surface area is 117 Å². The summed E-state index contributed by atoms with van der Waals surface area (Å²) in [5.74, 6) is 0.599. The van der Waals surface area contributed by atoms with Gasteiger partial charge in [-0.15, -0.1) is 0 Å². The van der Waals surface area contributed by atoms with E-state index in [0.29, 0.717) is 5.04 Å². The number of thioether (sulfide) groups is 1. The maximum atomic E-state index is 10.6. The van der Waals surface area contributed by atoms with Gasteiger partial charge in [0.05, 0.1) is 7.11 Å². The van der Waals surface area contributed by atoms with Gasteiger partial charge in [-0.05, 0) is 0 Å². The maximum Gasteiger partial charge on any atom is 1.00 e. The van der Waals surface area contributed by atoms with Gasteiger partial charge in [0, 0.05) is 12.3 Å². The number of aliphatic imine (C=N–C) groups is 1. The average molecular weight is 193 g/mol. The number of hydrogen-bond donors (Lipinski definition) is 0. The van der Waals surface area contributed by atoms with Crippen LogP contribution in [0.4, 0.5) is 0 Å². The van der Waals surface area contributed by atoms with Gasteiger partial charge in [-0.25, -0.2) is 4.79 Å². The third kappa shape index (κ3) is 4.93. The van der Waals surface area contributed by atoms with Crippen LogP contribution in [0.3, 0.4) is 0 Å². The van der Waals surface area contributed by atoms with Gasteiger partial charge in [0.1, 0.15) is 0 Å². The van der Waals surface area contributed by atoms with Gasteiger partial charge >= 0.3 is 65.1 Å². The van der Waals surface area contributed by atoms with Crippen LogP contribution in [0.2, 0.25) is 0 Å². The zero-order valence-corrected chi connectivity index (χ0v) is 11.9. The van der Waals surface area contributed by atoms with E-state index in [-0.39, 0.29) is 67.9 Å². The number of methoxy groups -OCH3 is 1. The molecule has 0 atom stereocenters. The molecule has 0 saturated carbocycles. The Kier molecular flexibility index (Phi) is 11.0. The molecule has 54 valence electrons. The maximum absolute atomic E-state index is 10.6. The molecule has 0 spiro atoms. The van der Waals surface area contributed by atoms with E-state index in [9.17, 15) is 4.79 Å². The number of nitrogens with zero attached hydrogens (tertiary/aromatic N) is 1. The Morgan fingerprint density at radius 3 is 2.73 bits per heavy atom. The Morgan fingerprint density at radius 1 is 1.73 bits per heavy atom. The molecule has 0 aromatic carbocycles. The van der Waals surface area contributed by atoms with Crippen molar-refractivity contribution in [3.63, 3.8) is 0 Å². The van der Waals surface area contributed by atoms with Crippen molar-refractivity contribution in [1.82, 2.24) is 0 Å². The van der Waals surface area contributed by atoms with Crippen molar-refractivity contribution >= 4 is 22.8 Å². The zero-order valence-electron chi connectivity index (χ0n) is 9.09. The Bertz CT molecular complexity index is 171. The van der Waals surface area contributed by atoms with E-state index in [1.54, 1.807) is 0 Å². The molecule has 0 unspecified atom stereocenters. The smallest absolute Gasteiger partial charge is 1.00 e. The number of esters is 1. The number of carbonyl (C=O) groups excluding carboxylic acids is 1. The second-order valence-electron chi connectivity index (χ2n) is 1.53. The minimum absolute atomic E-state index is 0. The van der Waals surface area contributed by atoms with Crippen molar-refractivity contribution in [2.45, 2.75) is 0 Å². The van der Waals surface area contributed by atoms with Crippen molar-refractivity contribution in [2.75, 3.05) is 19.4 Å². The summed E-state index contributed by atoms with van der Waals surface area (Å²) >= 11 is 1.45. The first kappa shape index (κ1) is 15.0. The topological polar surface area (TPSA) is 38.7 Å². The van der Waals surface area contributed by atoms with Crippen LogP contribution in [0, 0.1) is 0 Å². The molecular formula is C5H9NNa2O2S. The van der Waals surface area contributed by atoms with Crippen molar-refractivity contribution in [3.05, 3.63) is 0 Å². The van der Waals surface area contributed by atoms with Crippen LogP contribution in [-0.2, 0) is 9.53 Å². The van der Waals surface area contributed by atoms with Crippen molar-refractivity contribution in [1.29, 1.82) is 0 Å². The SMILES string of the molecule is COC(=O)C1=NCCS1.[H-].[H-].[Na+].[Na+]. The van der Waals surface area contributed by atoms with E-state index in [4.69, 9.17) is 0 Å². The molecule has 0 radical (unpaired) electrons. The monoisotopic (exact) mass is 193 g/mol. The zero-order chi connectivity index (χ0) is 6.69. The first-order valence-electron chi connectivity index (χ1n) is 2.60. The first-order valence-corrected chi connectivity index (χ1v) is 3.58. The minimum Gasteiger partial charge on any atom is -1.00 e. The fourth-order valence-electron chi connectivity index (χ4n) is 0.546. The van der Waals surface area contributed by atoms with Crippen LogP contribution >= 0.6 is 11.8 Å². The van der Waals surface area contributed by atoms with Crippen molar-refractivity contribution in [2.24, 2.45) is 4.99 Å². The first-order chi connectivity index (χ1) is 4.34. The second-order valence-corrected chi connectivity index (χ2v) is 2.61. The summed E-state index contributed by atoms with van der Waals surface area (Å²) in [7, 11) is 1.36. The fraction of sp³-hybridized carbons (Fsp3) is 0.600. The summed E-state index contributed by atoms with van der Waals surface area (Å²) in [5, 5.41) is 0.512. The molecule has 0 saturated heterocycles. The summed E-state index contributed by atoms with van der Waals surface area (Å²) in [4.78, 5) is 14.6. The molecule has 0 N–H and O–H groups in total. The summed E-state index contributed by atoms with van der Waals surface area (Å²) in [6.07, 6.45) is 0. The molecule has 0 aromatic rings. The number of rotatable bonds is 1. The molecule has 1 rings (SSSR count). The predicted octanol–water partition coefficient (Wildman–Crippen LogP) is -5.46. The Morgan fingerprint density at radius 2 is 2.36 bits per heavy atom. The minimum atomic E-state index is -0.308. The van der Waals surface area contributed by atoms with Crippen LogP contribution in [-0.4, -0.2) is 30.4 Å². The van der Waals surface area contributed by atoms with E-state index in [1.807, 2.05) is 0 Å². The molecule has 3 nitrogen and oxygen atoms in total. The molecule has 0 aliphatic carbocycles. The van der Waals surface area contributed by atoms with Crippen LogP contribution < -0.4 is 59.1 Å². The third-order valence-corrected chi connectivity index (χ3v) is 1.90. The Hall–Kier alpha value is 1.49. The van der Waals surface area contributed by atoms with Gasteiger partial charge in [-0.2, -0.15) is 0 Å². The summed E-state index contributed by atoms with van der Waals surface area (Å²) in [6.45, 7) is 0.745. The van der Waals surface area contributed by atoms with Gasteiger partial charge < -0.3 is 7.59 Å². The Balaban J connectivity index is -0.000000101. The van der Waals surface area contributed by atoms with Crippen LogP contribution in [0.15, 0.2) is 4.99 Å². The third-order valence-electron chi connectivity index (χ3n) is 0.945. The van der Waals surface area contributed by atoms with Crippen LogP contribution in [0.1, 0.15) is 2.85 Å². The molecule has 0 amide bonds. The van der Waals surface area contributed by atoms with E-state index >= 15 is 0 Å². The fourth-order valence-corrected chi connectivity index (χ4v) is 1.31. The largest absolute Gasteiger partial charge is 1.00 e. The molecule has 1 aliphatic rings. The molecule has 11 heavy (non-hydrogen) atoms. The summed E-state index contributed by atoms with van der Waals surface area (Å²) in [5.41, 5.74) is 0. The van der Waals surface area contributed by atoms with Crippen molar-refractivity contribution in [3.8, 4) is 0 Å². The van der Waals surface area contributed by atoms with E-state index in [1.165, 1.54) is 18.9 Å². The molecular weight excluding hydrogens is 184 g/mol. The van der Waals surface area contributed by atoms with Gasteiger partial charge in [0.2, 0.25) is 0 Å². The van der Waals surface area contributed by atoms with Crippen LogP contribution in [0.25, 0.3) is 0 Å². The van der Waals surface area contributed by atoms with Crippen molar-refractivity contribution < 1.29 is 71.5 Å². The van der Waals surface area contributed by atoms with E-state index in [0.717, 1.165) is 12.3 Å². The predicted molar refractivity (Wildman–Crippen MR) is 39.0 cm³/mol. The standard InChI is InChI=1S/C5H7NO2S.2Na.2H/c1-8-5(7)4-6-2-3-9-4;;;;/h2-3H2,1H3;;;;/q;2*+1;2*-1. The number of ether oxygens (including phenoxy) is 1. The second kappa shape index (κ2) is 8.10.